The van der Waals surface area contributed by atoms with Crippen LogP contribution >= 0.6 is 0 Å². The summed E-state index contributed by atoms with van der Waals surface area (Å²) in [6, 6.07) is 10.8. The van der Waals surface area contributed by atoms with Gasteiger partial charge in [0.2, 0.25) is 0 Å². The van der Waals surface area contributed by atoms with E-state index in [0.29, 0.717) is 0 Å². The minimum atomic E-state index is 0. The molecule has 0 saturated carbocycles. The Morgan fingerprint density at radius 2 is 1.43 bits per heavy atom. The van der Waals surface area contributed by atoms with E-state index in [9.17, 15) is 0 Å². The Morgan fingerprint density at radius 1 is 0.821 bits per heavy atom. The summed E-state index contributed by atoms with van der Waals surface area (Å²) in [6.07, 6.45) is 10.2. The van der Waals surface area contributed by atoms with E-state index >= 15 is 0 Å². The Hall–Kier alpha value is -0.420. The minimum absolute atomic E-state index is 0. The number of hydrogen-bond acceptors (Lipinski definition) is 2. The zero-order chi connectivity index (χ0) is 19.8. The quantitative estimate of drug-likeness (QED) is 0.264. The lowest BCUT2D eigenvalue weighted by molar-refractivity contribution is -0.906. The van der Waals surface area contributed by atoms with Gasteiger partial charge in [-0.1, -0.05) is 82.7 Å². The number of likely N-dealkylation sites (N-methyl/N-ethyl adjacent to an activating group) is 1. The fourth-order valence-corrected chi connectivity index (χ4v) is 3.47. The molecule has 0 amide bonds. The molecule has 0 bridgehead atoms. The van der Waals surface area contributed by atoms with Gasteiger partial charge in [0.25, 0.3) is 0 Å². The van der Waals surface area contributed by atoms with Gasteiger partial charge in [0.05, 0.1) is 20.7 Å². The van der Waals surface area contributed by atoms with Crippen LogP contribution in [0.25, 0.3) is 0 Å². The first-order valence-corrected chi connectivity index (χ1v) is 11.1. The zero-order valence-corrected chi connectivity index (χ0v) is 20.4. The van der Waals surface area contributed by atoms with E-state index in [2.05, 4.69) is 58.3 Å². The number of quaternary nitrogens is 1. The summed E-state index contributed by atoms with van der Waals surface area (Å²) in [7, 11) is 4.59. The van der Waals surface area contributed by atoms with Gasteiger partial charge >= 0.3 is 0 Å². The van der Waals surface area contributed by atoms with E-state index < -0.39 is 0 Å². The maximum absolute atomic E-state index is 6.25. The molecule has 164 valence electrons. The van der Waals surface area contributed by atoms with Gasteiger partial charge in [0, 0.05) is 18.8 Å². The van der Waals surface area contributed by atoms with Crippen molar-refractivity contribution < 1.29 is 30.9 Å². The first kappa shape index (κ1) is 27.6. The smallest absolute Gasteiger partial charge is 0.130 e. The molecule has 1 rings (SSSR count). The zero-order valence-electron chi connectivity index (χ0n) is 18.8. The molecule has 0 aliphatic rings. The molecular weight excluding hydrogens is 414 g/mol. The number of benzene rings is 1. The first-order valence-electron chi connectivity index (χ1n) is 11.1. The molecule has 0 heterocycles. The van der Waals surface area contributed by atoms with Gasteiger partial charge in [-0.3, -0.25) is 0 Å². The van der Waals surface area contributed by atoms with Crippen LogP contribution in [0.2, 0.25) is 0 Å². The van der Waals surface area contributed by atoms with Crippen LogP contribution in [-0.2, 0) is 16.0 Å². The minimum Gasteiger partial charge on any atom is -1.00 e. The molecule has 1 unspecified atom stereocenters. The van der Waals surface area contributed by atoms with Crippen LogP contribution in [-0.4, -0.2) is 51.0 Å². The maximum Gasteiger partial charge on any atom is 0.130 e. The monoisotopic (exact) mass is 457 g/mol. The molecule has 1 atom stereocenters. The molecule has 3 nitrogen and oxygen atoms in total. The van der Waals surface area contributed by atoms with E-state index in [-0.39, 0.29) is 23.1 Å². The van der Waals surface area contributed by atoms with Crippen molar-refractivity contribution in [2.75, 3.05) is 40.5 Å². The third kappa shape index (κ3) is 14.6. The summed E-state index contributed by atoms with van der Waals surface area (Å²) in [5, 5.41) is 0. The topological polar surface area (TPSA) is 18.5 Å². The van der Waals surface area contributed by atoms with Crippen LogP contribution in [0.15, 0.2) is 30.3 Å². The average molecular weight is 459 g/mol. The molecule has 28 heavy (non-hydrogen) atoms. The SMILES string of the molecule is CCCCCCOCC(C[N+](C)(C)Cc1ccccc1)OCCCCCC.[Br-]. The second-order valence-electron chi connectivity index (χ2n) is 8.45. The Labute approximate surface area is 185 Å². The van der Waals surface area contributed by atoms with E-state index in [1.807, 2.05) is 0 Å². The predicted molar refractivity (Wildman–Crippen MR) is 116 cm³/mol. The molecular formula is C24H44BrNO2. The average Bonchev–Trinajstić information content (AvgIpc) is 2.64. The van der Waals surface area contributed by atoms with Crippen LogP contribution in [0.4, 0.5) is 0 Å². The summed E-state index contributed by atoms with van der Waals surface area (Å²) < 4.78 is 13.2. The lowest BCUT2D eigenvalue weighted by Crippen LogP contribution is -3.00. The van der Waals surface area contributed by atoms with Crippen LogP contribution in [0.5, 0.6) is 0 Å². The highest BCUT2D eigenvalue weighted by Gasteiger charge is 2.23. The van der Waals surface area contributed by atoms with Gasteiger partial charge < -0.3 is 30.9 Å². The number of ether oxygens (including phenoxy) is 2. The second-order valence-corrected chi connectivity index (χ2v) is 8.45. The first-order chi connectivity index (χ1) is 13.1. The summed E-state index contributed by atoms with van der Waals surface area (Å²) in [4.78, 5) is 0. The maximum atomic E-state index is 6.25. The standard InChI is InChI=1S/C24H44NO2.BrH/c1-5-7-9-14-18-26-22-24(27-19-15-10-8-6-2)21-25(3,4)20-23-16-12-11-13-17-23;/h11-13,16-17,24H,5-10,14-15,18-22H2,1-4H3;1H/q+1;/p-1. The molecule has 0 fully saturated rings. The van der Waals surface area contributed by atoms with Gasteiger partial charge in [-0.15, -0.1) is 0 Å². The third-order valence-corrected chi connectivity index (χ3v) is 4.95. The van der Waals surface area contributed by atoms with Crippen molar-refractivity contribution in [1.82, 2.24) is 0 Å². The number of hydrogen-bond donors (Lipinski definition) is 0. The molecule has 0 N–H and O–H groups in total. The van der Waals surface area contributed by atoms with Crippen LogP contribution in [0, 0.1) is 0 Å². The van der Waals surface area contributed by atoms with Crippen molar-refractivity contribution in [3.8, 4) is 0 Å². The molecule has 1 aromatic rings. The molecule has 0 radical (unpaired) electrons. The highest BCUT2D eigenvalue weighted by atomic mass is 79.9. The van der Waals surface area contributed by atoms with Crippen molar-refractivity contribution in [2.24, 2.45) is 0 Å². The Balaban J connectivity index is 0.00000729. The summed E-state index contributed by atoms with van der Waals surface area (Å²) in [6.45, 7) is 8.94. The molecule has 0 spiro atoms. The molecule has 0 aliphatic carbocycles. The predicted octanol–water partition coefficient (Wildman–Crippen LogP) is 2.83. The summed E-state index contributed by atoms with van der Waals surface area (Å²) in [5.41, 5.74) is 1.38. The van der Waals surface area contributed by atoms with Gasteiger partial charge in [0.1, 0.15) is 19.2 Å². The molecule has 4 heteroatoms. The Kier molecular flexibility index (Phi) is 17.2. The summed E-state index contributed by atoms with van der Waals surface area (Å²) >= 11 is 0. The van der Waals surface area contributed by atoms with Crippen LogP contribution in [0.1, 0.15) is 70.8 Å². The molecule has 1 aromatic carbocycles. The second kappa shape index (κ2) is 17.4. The van der Waals surface area contributed by atoms with Crippen molar-refractivity contribution >= 4 is 0 Å². The largest absolute Gasteiger partial charge is 1.00 e. The number of rotatable bonds is 17. The highest BCUT2D eigenvalue weighted by molar-refractivity contribution is 5.13. The molecule has 0 saturated heterocycles. The van der Waals surface area contributed by atoms with E-state index in [4.69, 9.17) is 9.47 Å². The number of nitrogens with zero attached hydrogens (tertiary/aromatic N) is 1. The fourth-order valence-electron chi connectivity index (χ4n) is 3.47. The third-order valence-electron chi connectivity index (χ3n) is 4.95. The Morgan fingerprint density at radius 3 is 2.04 bits per heavy atom. The van der Waals surface area contributed by atoms with Gasteiger partial charge in [0.15, 0.2) is 0 Å². The number of halogens is 1. The van der Waals surface area contributed by atoms with Crippen molar-refractivity contribution in [3.05, 3.63) is 35.9 Å². The normalized spacial score (nSPS) is 12.6. The van der Waals surface area contributed by atoms with Gasteiger partial charge in [-0.05, 0) is 12.8 Å². The lowest BCUT2D eigenvalue weighted by Gasteiger charge is -2.33. The Bertz CT molecular complexity index is 453. The fraction of sp³-hybridized carbons (Fsp3) is 0.750. The van der Waals surface area contributed by atoms with Crippen molar-refractivity contribution in [1.29, 1.82) is 0 Å². The van der Waals surface area contributed by atoms with Crippen molar-refractivity contribution in [3.63, 3.8) is 0 Å². The lowest BCUT2D eigenvalue weighted by atomic mass is 10.2. The van der Waals surface area contributed by atoms with Crippen molar-refractivity contribution in [2.45, 2.75) is 77.9 Å². The molecule has 0 aliphatic heterocycles. The summed E-state index contributed by atoms with van der Waals surface area (Å²) in [5.74, 6) is 0. The van der Waals surface area contributed by atoms with E-state index in [1.165, 1.54) is 50.5 Å². The van der Waals surface area contributed by atoms with Gasteiger partial charge in [-0.2, -0.15) is 0 Å². The molecule has 0 aromatic heterocycles. The van der Waals surface area contributed by atoms with Gasteiger partial charge in [-0.25, -0.2) is 0 Å². The van der Waals surface area contributed by atoms with E-state index in [0.717, 1.165) is 43.8 Å². The van der Waals surface area contributed by atoms with E-state index in [1.54, 1.807) is 0 Å². The highest BCUT2D eigenvalue weighted by Crippen LogP contribution is 2.13. The van der Waals surface area contributed by atoms with Crippen LogP contribution < -0.4 is 17.0 Å². The van der Waals surface area contributed by atoms with Crippen LogP contribution in [0.3, 0.4) is 0 Å². The number of unbranched alkanes of at least 4 members (excludes halogenated alkanes) is 6.